The minimum absolute atomic E-state index is 0.208. The average Bonchev–Trinajstić information content (AvgIpc) is 3.19. The van der Waals surface area contributed by atoms with Crippen LogP contribution in [0.2, 0.25) is 0 Å². The van der Waals surface area contributed by atoms with Crippen molar-refractivity contribution in [2.45, 2.75) is 0 Å². The summed E-state index contributed by atoms with van der Waals surface area (Å²) < 4.78 is 21.7. The van der Waals surface area contributed by atoms with Gasteiger partial charge in [-0.15, -0.1) is 0 Å². The molecule has 0 atom stereocenters. The maximum atomic E-state index is 12.7. The first-order valence-corrected chi connectivity index (χ1v) is 7.38. The summed E-state index contributed by atoms with van der Waals surface area (Å²) in [6, 6.07) is 10.8. The van der Waals surface area contributed by atoms with E-state index in [0.717, 1.165) is 16.7 Å². The van der Waals surface area contributed by atoms with Gasteiger partial charge in [-0.3, -0.25) is 4.79 Å². The van der Waals surface area contributed by atoms with Crippen LogP contribution in [0, 0.1) is 0 Å². The van der Waals surface area contributed by atoms with E-state index in [2.05, 4.69) is 0 Å². The molecule has 5 nitrogen and oxygen atoms in total. The second kappa shape index (κ2) is 5.45. The van der Waals surface area contributed by atoms with Crippen molar-refractivity contribution in [3.05, 3.63) is 59.5 Å². The van der Waals surface area contributed by atoms with E-state index in [-0.39, 0.29) is 11.5 Å². The van der Waals surface area contributed by atoms with Crippen LogP contribution in [0.4, 0.5) is 0 Å². The molecule has 2 heterocycles. The Kier molecular flexibility index (Phi) is 3.27. The Bertz CT molecular complexity index is 963. The molecule has 0 spiro atoms. The van der Waals surface area contributed by atoms with Gasteiger partial charge in [0.2, 0.25) is 5.78 Å². The van der Waals surface area contributed by atoms with Crippen LogP contribution >= 0.6 is 0 Å². The molecule has 2 aromatic carbocycles. The van der Waals surface area contributed by atoms with Gasteiger partial charge in [-0.05, 0) is 29.8 Å². The number of carbonyl (C=O) groups excluding carboxylic acids is 1. The van der Waals surface area contributed by atoms with Crippen molar-refractivity contribution >= 4 is 22.8 Å². The van der Waals surface area contributed by atoms with Crippen molar-refractivity contribution in [3.63, 3.8) is 0 Å². The van der Waals surface area contributed by atoms with E-state index >= 15 is 0 Å². The summed E-state index contributed by atoms with van der Waals surface area (Å²) in [5.41, 5.74) is 1.88. The molecule has 0 fully saturated rings. The van der Waals surface area contributed by atoms with Crippen molar-refractivity contribution in [1.29, 1.82) is 0 Å². The summed E-state index contributed by atoms with van der Waals surface area (Å²) in [4.78, 5) is 12.7. The fraction of sp³-hybridized carbons (Fsp3) is 0.105. The number of fused-ring (bicyclic) bond motifs is 2. The van der Waals surface area contributed by atoms with Crippen molar-refractivity contribution in [1.82, 2.24) is 0 Å². The third-order valence-corrected chi connectivity index (χ3v) is 3.96. The maximum absolute atomic E-state index is 12.7. The molecule has 0 bridgehead atoms. The second-order valence-electron chi connectivity index (χ2n) is 5.33. The van der Waals surface area contributed by atoms with E-state index < -0.39 is 0 Å². The number of hydrogen-bond acceptors (Lipinski definition) is 5. The minimum atomic E-state index is -0.208. The predicted octanol–water partition coefficient (Wildman–Crippen LogP) is 4.07. The zero-order chi connectivity index (χ0) is 16.7. The summed E-state index contributed by atoms with van der Waals surface area (Å²) in [6.07, 6.45) is 3.25. The molecule has 0 radical (unpaired) electrons. The number of rotatable bonds is 3. The highest BCUT2D eigenvalue weighted by molar-refractivity contribution is 6.18. The van der Waals surface area contributed by atoms with Crippen molar-refractivity contribution < 1.29 is 23.4 Å². The summed E-state index contributed by atoms with van der Waals surface area (Å²) >= 11 is 0. The number of furan rings is 1. The van der Waals surface area contributed by atoms with Crippen LogP contribution in [0.15, 0.2) is 52.8 Å². The second-order valence-corrected chi connectivity index (χ2v) is 5.33. The summed E-state index contributed by atoms with van der Waals surface area (Å²) in [5, 5.41) is 0.749. The highest BCUT2D eigenvalue weighted by atomic mass is 16.5. The van der Waals surface area contributed by atoms with Crippen LogP contribution in [-0.4, -0.2) is 20.0 Å². The van der Waals surface area contributed by atoms with Gasteiger partial charge in [0.1, 0.15) is 28.4 Å². The van der Waals surface area contributed by atoms with Gasteiger partial charge in [-0.25, -0.2) is 0 Å². The smallest absolute Gasteiger partial charge is 0.235 e. The van der Waals surface area contributed by atoms with Crippen molar-refractivity contribution in [2.24, 2.45) is 0 Å². The molecular formula is C19H14O5. The number of Topliss-reactive ketones (excluding diaryl/α,β-unsaturated/α-hetero) is 1. The van der Waals surface area contributed by atoms with Gasteiger partial charge < -0.3 is 18.6 Å². The molecule has 0 N–H and O–H groups in total. The molecule has 0 saturated carbocycles. The molecule has 1 aliphatic heterocycles. The van der Waals surface area contributed by atoms with Gasteiger partial charge in [0.15, 0.2) is 5.76 Å². The largest absolute Gasteiger partial charge is 0.497 e. The lowest BCUT2D eigenvalue weighted by molar-refractivity contribution is 0.101. The number of benzene rings is 2. The molecule has 120 valence electrons. The Hall–Kier alpha value is -3.21. The molecule has 1 aromatic heterocycles. The average molecular weight is 322 g/mol. The Morgan fingerprint density at radius 1 is 1.04 bits per heavy atom. The molecule has 0 amide bonds. The summed E-state index contributed by atoms with van der Waals surface area (Å²) in [5.74, 6) is 1.71. The quantitative estimate of drug-likeness (QED) is 0.680. The van der Waals surface area contributed by atoms with E-state index in [4.69, 9.17) is 18.6 Å². The Labute approximate surface area is 138 Å². The normalized spacial score (nSPS) is 14.8. The molecule has 0 unspecified atom stereocenters. The monoisotopic (exact) mass is 322 g/mol. The Morgan fingerprint density at radius 2 is 1.83 bits per heavy atom. The Balaban J connectivity index is 1.78. The lowest BCUT2D eigenvalue weighted by atomic mass is 10.1. The van der Waals surface area contributed by atoms with Gasteiger partial charge >= 0.3 is 0 Å². The fourth-order valence-electron chi connectivity index (χ4n) is 2.80. The third-order valence-electron chi connectivity index (χ3n) is 3.96. The summed E-state index contributed by atoms with van der Waals surface area (Å²) in [6.45, 7) is 0. The molecule has 1 aliphatic rings. The molecule has 24 heavy (non-hydrogen) atoms. The van der Waals surface area contributed by atoms with Gasteiger partial charge in [0, 0.05) is 6.07 Å². The molecule has 4 rings (SSSR count). The van der Waals surface area contributed by atoms with Crippen LogP contribution in [0.5, 0.6) is 17.2 Å². The number of methoxy groups -OCH3 is 2. The van der Waals surface area contributed by atoms with Crippen LogP contribution in [-0.2, 0) is 0 Å². The first-order valence-electron chi connectivity index (χ1n) is 7.38. The number of ketones is 1. The molecule has 5 heteroatoms. The van der Waals surface area contributed by atoms with Gasteiger partial charge in [0.05, 0.1) is 25.9 Å². The minimum Gasteiger partial charge on any atom is -0.497 e. The lowest BCUT2D eigenvalue weighted by Crippen LogP contribution is -2.00. The zero-order valence-corrected chi connectivity index (χ0v) is 13.2. The van der Waals surface area contributed by atoms with Crippen LogP contribution in [0.1, 0.15) is 15.9 Å². The van der Waals surface area contributed by atoms with Crippen LogP contribution < -0.4 is 14.2 Å². The van der Waals surface area contributed by atoms with Gasteiger partial charge in [0.25, 0.3) is 0 Å². The highest BCUT2D eigenvalue weighted by Gasteiger charge is 2.33. The lowest BCUT2D eigenvalue weighted by Gasteiger charge is -2.04. The predicted molar refractivity (Wildman–Crippen MR) is 88.7 cm³/mol. The van der Waals surface area contributed by atoms with E-state index in [1.165, 1.54) is 7.11 Å². The molecule has 0 aliphatic carbocycles. The number of carbonyl (C=O) groups is 1. The van der Waals surface area contributed by atoms with Crippen molar-refractivity contribution in [3.8, 4) is 17.2 Å². The first-order chi connectivity index (χ1) is 11.7. The van der Waals surface area contributed by atoms with Gasteiger partial charge in [-0.1, -0.05) is 12.1 Å². The topological polar surface area (TPSA) is 57.9 Å². The molecular weight excluding hydrogens is 308 g/mol. The van der Waals surface area contributed by atoms with Gasteiger partial charge in [-0.2, -0.15) is 0 Å². The number of ether oxygens (including phenoxy) is 3. The maximum Gasteiger partial charge on any atom is 0.235 e. The molecule has 3 aromatic rings. The molecule has 0 saturated heterocycles. The van der Waals surface area contributed by atoms with E-state index in [0.29, 0.717) is 22.6 Å². The Morgan fingerprint density at radius 3 is 2.54 bits per heavy atom. The highest BCUT2D eigenvalue weighted by Crippen LogP contribution is 2.43. The van der Waals surface area contributed by atoms with E-state index in [9.17, 15) is 4.79 Å². The number of hydrogen-bond donors (Lipinski definition) is 0. The zero-order valence-electron chi connectivity index (χ0n) is 13.2. The third kappa shape index (κ3) is 2.13. The van der Waals surface area contributed by atoms with Crippen LogP contribution in [0.25, 0.3) is 17.0 Å². The van der Waals surface area contributed by atoms with Crippen molar-refractivity contribution in [2.75, 3.05) is 14.2 Å². The SMILES string of the molecule is COc1ccc(/C=C2/Oc3cc4occc4c(OC)c3C2=O)cc1. The van der Waals surface area contributed by atoms with E-state index in [1.807, 2.05) is 24.3 Å². The number of allylic oxidation sites excluding steroid dienone is 1. The summed E-state index contributed by atoms with van der Waals surface area (Å²) in [7, 11) is 3.14. The van der Waals surface area contributed by atoms with E-state index in [1.54, 1.807) is 31.6 Å². The fourth-order valence-corrected chi connectivity index (χ4v) is 2.80. The standard InChI is InChI=1S/C19H14O5/c1-21-12-5-3-11(4-6-12)9-16-18(20)17-15(24-16)10-14-13(7-8-23-14)19(17)22-2/h3-10H,1-2H3/b16-9+. The van der Waals surface area contributed by atoms with Crippen LogP contribution in [0.3, 0.4) is 0 Å². The first kappa shape index (κ1) is 14.4.